The smallest absolute Gasteiger partial charge is 0.225 e. The molecule has 0 aromatic carbocycles. The third kappa shape index (κ3) is 3.60. The summed E-state index contributed by atoms with van der Waals surface area (Å²) in [6, 6.07) is 0. The second kappa shape index (κ2) is 7.75. The maximum absolute atomic E-state index is 6.19. The van der Waals surface area contributed by atoms with Crippen LogP contribution in [0, 0.1) is 0 Å². The fourth-order valence-electron chi connectivity index (χ4n) is 3.07. The zero-order valence-electron chi connectivity index (χ0n) is 13.6. The van der Waals surface area contributed by atoms with Crippen molar-refractivity contribution < 1.29 is 9.47 Å². The van der Waals surface area contributed by atoms with Crippen molar-refractivity contribution in [2.24, 2.45) is 0 Å². The van der Waals surface area contributed by atoms with Crippen LogP contribution in [-0.2, 0) is 22.3 Å². The number of aromatic nitrogens is 2. The van der Waals surface area contributed by atoms with Crippen LogP contribution in [0.3, 0.4) is 0 Å². The molecule has 0 N–H and O–H groups in total. The second-order valence-corrected chi connectivity index (χ2v) is 7.10. The highest BCUT2D eigenvalue weighted by Crippen LogP contribution is 2.40. The first kappa shape index (κ1) is 16.9. The van der Waals surface area contributed by atoms with Crippen LogP contribution in [0.1, 0.15) is 23.3 Å². The first-order valence-corrected chi connectivity index (χ1v) is 9.14. The number of ether oxygens (including phenoxy) is 2. The van der Waals surface area contributed by atoms with Gasteiger partial charge in [0, 0.05) is 32.2 Å². The van der Waals surface area contributed by atoms with Crippen molar-refractivity contribution >= 4 is 39.0 Å². The molecular formula is C16H22ClN3O2S. The average Bonchev–Trinajstić information content (AvgIpc) is 2.92. The SMILES string of the molecule is COCCN(CCOC)c1nc(Cl)nc2sc3c(c12)CCCC3. The van der Waals surface area contributed by atoms with E-state index in [1.165, 1.54) is 28.7 Å². The van der Waals surface area contributed by atoms with Crippen LogP contribution in [0.5, 0.6) is 0 Å². The summed E-state index contributed by atoms with van der Waals surface area (Å²) in [5, 5.41) is 1.49. The van der Waals surface area contributed by atoms with Crippen molar-refractivity contribution in [3.8, 4) is 0 Å². The molecular weight excluding hydrogens is 334 g/mol. The normalized spacial score (nSPS) is 14.2. The number of rotatable bonds is 7. The summed E-state index contributed by atoms with van der Waals surface area (Å²) in [4.78, 5) is 13.7. The predicted octanol–water partition coefficient (Wildman–Crippen LogP) is 3.32. The van der Waals surface area contributed by atoms with E-state index in [9.17, 15) is 0 Å². The van der Waals surface area contributed by atoms with Crippen LogP contribution in [0.2, 0.25) is 5.28 Å². The molecule has 0 atom stereocenters. The zero-order valence-corrected chi connectivity index (χ0v) is 15.2. The maximum atomic E-state index is 6.19. The van der Waals surface area contributed by atoms with Crippen LogP contribution in [-0.4, -0.2) is 50.5 Å². The first-order chi connectivity index (χ1) is 11.2. The van der Waals surface area contributed by atoms with Gasteiger partial charge in [-0.2, -0.15) is 4.98 Å². The van der Waals surface area contributed by atoms with E-state index < -0.39 is 0 Å². The number of hydrogen-bond donors (Lipinski definition) is 0. The Labute approximate surface area is 145 Å². The lowest BCUT2D eigenvalue weighted by Gasteiger charge is -2.24. The molecule has 0 bridgehead atoms. The molecule has 2 aromatic rings. The Morgan fingerprint density at radius 2 is 1.78 bits per heavy atom. The van der Waals surface area contributed by atoms with Gasteiger partial charge in [-0.1, -0.05) is 0 Å². The Hall–Kier alpha value is -0.950. The van der Waals surface area contributed by atoms with Crippen molar-refractivity contribution in [3.05, 3.63) is 15.7 Å². The van der Waals surface area contributed by atoms with Gasteiger partial charge in [-0.15, -0.1) is 11.3 Å². The highest BCUT2D eigenvalue weighted by molar-refractivity contribution is 7.19. The largest absolute Gasteiger partial charge is 0.383 e. The molecule has 1 aliphatic carbocycles. The van der Waals surface area contributed by atoms with Crippen LogP contribution >= 0.6 is 22.9 Å². The Morgan fingerprint density at radius 1 is 1.09 bits per heavy atom. The van der Waals surface area contributed by atoms with Crippen molar-refractivity contribution in [2.45, 2.75) is 25.7 Å². The molecule has 2 heterocycles. The summed E-state index contributed by atoms with van der Waals surface area (Å²) in [5.74, 6) is 0.925. The third-order valence-corrected chi connectivity index (χ3v) is 5.55. The lowest BCUT2D eigenvalue weighted by atomic mass is 9.97. The van der Waals surface area contributed by atoms with Gasteiger partial charge in [-0.05, 0) is 42.8 Å². The van der Waals surface area contributed by atoms with Gasteiger partial charge in [0.15, 0.2) is 0 Å². The number of nitrogens with zero attached hydrogens (tertiary/aromatic N) is 3. The molecule has 0 aliphatic heterocycles. The molecule has 0 radical (unpaired) electrons. The highest BCUT2D eigenvalue weighted by atomic mass is 35.5. The van der Waals surface area contributed by atoms with Crippen LogP contribution < -0.4 is 4.90 Å². The molecule has 5 nitrogen and oxygen atoms in total. The summed E-state index contributed by atoms with van der Waals surface area (Å²) < 4.78 is 10.5. The van der Waals surface area contributed by atoms with E-state index in [0.29, 0.717) is 18.5 Å². The number of thiophene rings is 1. The standard InChI is InChI=1S/C16H22ClN3O2S/c1-21-9-7-20(8-10-22-2)14-13-11-5-3-4-6-12(11)23-15(13)19-16(17)18-14/h3-10H2,1-2H3. The highest BCUT2D eigenvalue weighted by Gasteiger charge is 2.23. The minimum atomic E-state index is 0.311. The Morgan fingerprint density at radius 3 is 2.48 bits per heavy atom. The van der Waals surface area contributed by atoms with E-state index in [-0.39, 0.29) is 0 Å². The van der Waals surface area contributed by atoms with E-state index in [0.717, 1.165) is 36.6 Å². The number of anilines is 1. The Balaban J connectivity index is 2.07. The van der Waals surface area contributed by atoms with Crippen LogP contribution in [0.4, 0.5) is 5.82 Å². The lowest BCUT2D eigenvalue weighted by molar-refractivity contribution is 0.190. The molecule has 0 unspecified atom stereocenters. The summed E-state index contributed by atoms with van der Waals surface area (Å²) >= 11 is 7.96. The topological polar surface area (TPSA) is 47.5 Å². The van der Waals surface area contributed by atoms with E-state index in [2.05, 4.69) is 14.9 Å². The van der Waals surface area contributed by atoms with Gasteiger partial charge in [0.05, 0.1) is 18.6 Å². The van der Waals surface area contributed by atoms with Crippen LogP contribution in [0.15, 0.2) is 0 Å². The number of hydrogen-bond acceptors (Lipinski definition) is 6. The van der Waals surface area contributed by atoms with E-state index in [1.807, 2.05) is 0 Å². The van der Waals surface area contributed by atoms with Crippen molar-refractivity contribution in [1.29, 1.82) is 0 Å². The van der Waals surface area contributed by atoms with Crippen molar-refractivity contribution in [1.82, 2.24) is 9.97 Å². The minimum Gasteiger partial charge on any atom is -0.383 e. The Kier molecular flexibility index (Phi) is 5.69. The summed E-state index contributed by atoms with van der Waals surface area (Å²) in [7, 11) is 3.42. The fraction of sp³-hybridized carbons (Fsp3) is 0.625. The number of aryl methyl sites for hydroxylation is 2. The molecule has 1 aliphatic rings. The molecule has 0 fully saturated rings. The Bertz CT molecular complexity index is 669. The number of fused-ring (bicyclic) bond motifs is 3. The van der Waals surface area contributed by atoms with Gasteiger partial charge in [0.2, 0.25) is 5.28 Å². The fourth-order valence-corrected chi connectivity index (χ4v) is 4.54. The summed E-state index contributed by atoms with van der Waals surface area (Å²) in [6.07, 6.45) is 4.74. The molecule has 0 saturated carbocycles. The van der Waals surface area contributed by atoms with Gasteiger partial charge in [-0.25, -0.2) is 4.98 Å². The molecule has 126 valence electrons. The number of halogens is 1. The van der Waals surface area contributed by atoms with E-state index >= 15 is 0 Å². The first-order valence-electron chi connectivity index (χ1n) is 7.95. The molecule has 2 aromatic heterocycles. The van der Waals surface area contributed by atoms with Gasteiger partial charge in [0.25, 0.3) is 0 Å². The number of methoxy groups -OCH3 is 2. The third-order valence-electron chi connectivity index (χ3n) is 4.20. The van der Waals surface area contributed by atoms with Crippen LogP contribution in [0.25, 0.3) is 10.2 Å². The van der Waals surface area contributed by atoms with E-state index in [1.54, 1.807) is 25.6 Å². The average molecular weight is 356 g/mol. The van der Waals surface area contributed by atoms with Gasteiger partial charge in [-0.3, -0.25) is 0 Å². The molecule has 23 heavy (non-hydrogen) atoms. The maximum Gasteiger partial charge on any atom is 0.225 e. The van der Waals surface area contributed by atoms with Gasteiger partial charge >= 0.3 is 0 Å². The summed E-state index contributed by atoms with van der Waals surface area (Å²) in [5.41, 5.74) is 1.42. The lowest BCUT2D eigenvalue weighted by Crippen LogP contribution is -2.31. The van der Waals surface area contributed by atoms with Gasteiger partial charge in [0.1, 0.15) is 10.6 Å². The van der Waals surface area contributed by atoms with Crippen molar-refractivity contribution in [2.75, 3.05) is 45.4 Å². The minimum absolute atomic E-state index is 0.311. The molecule has 0 amide bonds. The molecule has 7 heteroatoms. The monoisotopic (exact) mass is 355 g/mol. The van der Waals surface area contributed by atoms with E-state index in [4.69, 9.17) is 21.1 Å². The molecule has 0 spiro atoms. The van der Waals surface area contributed by atoms with Crippen molar-refractivity contribution in [3.63, 3.8) is 0 Å². The summed E-state index contributed by atoms with van der Waals surface area (Å²) in [6.45, 7) is 2.79. The van der Waals surface area contributed by atoms with Gasteiger partial charge < -0.3 is 14.4 Å². The molecule has 0 saturated heterocycles. The second-order valence-electron chi connectivity index (χ2n) is 5.68. The molecule has 3 rings (SSSR count). The zero-order chi connectivity index (χ0) is 16.2. The quantitative estimate of drug-likeness (QED) is 0.713. The predicted molar refractivity (Wildman–Crippen MR) is 95.0 cm³/mol.